The number of hydrogen-bond donors (Lipinski definition) is 0. The highest BCUT2D eigenvalue weighted by Crippen LogP contribution is 2.41. The molecule has 10 aromatic rings. The van der Waals surface area contributed by atoms with Gasteiger partial charge >= 0.3 is 0 Å². The van der Waals surface area contributed by atoms with Crippen LogP contribution in [0.5, 0.6) is 0 Å². The van der Waals surface area contributed by atoms with Crippen molar-refractivity contribution < 1.29 is 4.42 Å². The van der Waals surface area contributed by atoms with E-state index in [1.807, 2.05) is 36.4 Å². The maximum Gasteiger partial charge on any atom is 0.160 e. The number of hydrogen-bond acceptors (Lipinski definition) is 3. The number of benzene rings is 8. The van der Waals surface area contributed by atoms with Gasteiger partial charge in [-0.15, -0.1) is 0 Å². The third-order valence-electron chi connectivity index (χ3n) is 10.0. The molecular weight excluding hydrogens is 645 g/mol. The molecule has 0 aliphatic heterocycles. The van der Waals surface area contributed by atoms with Crippen molar-refractivity contribution in [2.75, 3.05) is 0 Å². The summed E-state index contributed by atoms with van der Waals surface area (Å²) in [5, 5.41) is 4.67. The second-order valence-corrected chi connectivity index (χ2v) is 13.4. The van der Waals surface area contributed by atoms with Gasteiger partial charge in [0.15, 0.2) is 5.82 Å². The minimum Gasteiger partial charge on any atom is -0.456 e. The van der Waals surface area contributed by atoms with E-state index in [0.29, 0.717) is 5.82 Å². The third kappa shape index (κ3) is 5.75. The predicted octanol–water partition coefficient (Wildman–Crippen LogP) is 13.5. The molecule has 53 heavy (non-hydrogen) atoms. The Labute approximate surface area is 307 Å². The molecule has 0 fully saturated rings. The Bertz CT molecular complexity index is 2890. The van der Waals surface area contributed by atoms with E-state index in [2.05, 4.69) is 158 Å². The first-order chi connectivity index (χ1) is 26.2. The average molecular weight is 677 g/mol. The van der Waals surface area contributed by atoms with Crippen molar-refractivity contribution in [3.05, 3.63) is 194 Å². The van der Waals surface area contributed by atoms with E-state index >= 15 is 0 Å². The van der Waals surface area contributed by atoms with E-state index in [9.17, 15) is 0 Å². The Morgan fingerprint density at radius 2 is 0.887 bits per heavy atom. The number of aromatic nitrogens is 2. The topological polar surface area (TPSA) is 38.9 Å². The van der Waals surface area contributed by atoms with E-state index in [0.717, 1.165) is 72.3 Å². The summed E-state index contributed by atoms with van der Waals surface area (Å²) >= 11 is 0. The van der Waals surface area contributed by atoms with Crippen LogP contribution in [0.4, 0.5) is 0 Å². The zero-order valence-corrected chi connectivity index (χ0v) is 28.8. The zero-order chi connectivity index (χ0) is 35.1. The molecule has 0 aliphatic carbocycles. The molecule has 0 aliphatic rings. The number of nitrogens with zero attached hydrogens (tertiary/aromatic N) is 2. The van der Waals surface area contributed by atoms with Crippen molar-refractivity contribution in [3.63, 3.8) is 0 Å². The van der Waals surface area contributed by atoms with Gasteiger partial charge in [-0.25, -0.2) is 9.97 Å². The lowest BCUT2D eigenvalue weighted by atomic mass is 9.91. The third-order valence-corrected chi connectivity index (χ3v) is 10.0. The van der Waals surface area contributed by atoms with Crippen molar-refractivity contribution in [1.29, 1.82) is 0 Å². The molecule has 0 spiro atoms. The first kappa shape index (κ1) is 30.7. The summed E-state index contributed by atoms with van der Waals surface area (Å²) in [5.74, 6) is 0.690. The molecule has 0 radical (unpaired) electrons. The Morgan fingerprint density at radius 3 is 1.72 bits per heavy atom. The van der Waals surface area contributed by atoms with Gasteiger partial charge in [0.25, 0.3) is 0 Å². The second kappa shape index (κ2) is 12.9. The van der Waals surface area contributed by atoms with E-state index in [1.165, 1.54) is 21.9 Å². The maximum atomic E-state index is 6.35. The number of rotatable bonds is 6. The summed E-state index contributed by atoms with van der Waals surface area (Å²) < 4.78 is 6.35. The molecule has 0 bridgehead atoms. The summed E-state index contributed by atoms with van der Waals surface area (Å²) in [6.45, 7) is 0. The van der Waals surface area contributed by atoms with E-state index < -0.39 is 0 Å². The number of furan rings is 1. The Hall–Kier alpha value is -7.10. The quantitative estimate of drug-likeness (QED) is 0.176. The van der Waals surface area contributed by atoms with Gasteiger partial charge in [-0.2, -0.15) is 0 Å². The molecule has 0 saturated carbocycles. The fourth-order valence-electron chi connectivity index (χ4n) is 7.43. The lowest BCUT2D eigenvalue weighted by Gasteiger charge is -2.14. The van der Waals surface area contributed by atoms with E-state index in [4.69, 9.17) is 14.4 Å². The van der Waals surface area contributed by atoms with Crippen molar-refractivity contribution in [2.45, 2.75) is 0 Å². The van der Waals surface area contributed by atoms with Gasteiger partial charge in [0.05, 0.1) is 11.4 Å². The van der Waals surface area contributed by atoms with Gasteiger partial charge in [-0.1, -0.05) is 146 Å². The molecule has 8 aromatic carbocycles. The largest absolute Gasteiger partial charge is 0.456 e. The average Bonchev–Trinajstić information content (AvgIpc) is 3.63. The fraction of sp³-hybridized carbons (Fsp3) is 0. The molecule has 2 aromatic heterocycles. The molecule has 3 nitrogen and oxygen atoms in total. The van der Waals surface area contributed by atoms with Crippen molar-refractivity contribution >= 4 is 32.7 Å². The lowest BCUT2D eigenvalue weighted by Crippen LogP contribution is -1.96. The molecule has 0 atom stereocenters. The standard InChI is InChI=1S/C50H32N2O/c1-3-14-34(15-4-1)45-32-46(52-50(51-45)35-16-5-2-6-17-35)42-30-40(38-20-11-19-37(28-38)39-26-25-33-13-7-8-18-36(33)27-39)29-41(31-42)43-22-12-24-48-49(43)44-21-9-10-23-47(44)53-48/h1-32H. The van der Waals surface area contributed by atoms with Crippen LogP contribution in [0, 0.1) is 0 Å². The first-order valence-electron chi connectivity index (χ1n) is 17.9. The highest BCUT2D eigenvalue weighted by atomic mass is 16.3. The van der Waals surface area contributed by atoms with Crippen LogP contribution in [0.15, 0.2) is 199 Å². The summed E-state index contributed by atoms with van der Waals surface area (Å²) in [4.78, 5) is 10.3. The SMILES string of the molecule is c1ccc(-c2cc(-c3cc(-c4cccc(-c5ccc6ccccc6c5)c4)cc(-c4cccc5oc6ccccc6c45)c3)nc(-c3ccccc3)n2)cc1. The Morgan fingerprint density at radius 1 is 0.321 bits per heavy atom. The fourth-order valence-corrected chi connectivity index (χ4v) is 7.43. The van der Waals surface area contributed by atoms with Crippen LogP contribution in [0.3, 0.4) is 0 Å². The van der Waals surface area contributed by atoms with Crippen LogP contribution < -0.4 is 0 Å². The van der Waals surface area contributed by atoms with Crippen LogP contribution >= 0.6 is 0 Å². The Kier molecular flexibility index (Phi) is 7.47. The predicted molar refractivity (Wildman–Crippen MR) is 219 cm³/mol. The molecule has 0 N–H and O–H groups in total. The van der Waals surface area contributed by atoms with Crippen LogP contribution in [0.1, 0.15) is 0 Å². The molecule has 10 rings (SSSR count). The van der Waals surface area contributed by atoms with Crippen molar-refractivity contribution in [3.8, 4) is 67.3 Å². The number of fused-ring (bicyclic) bond motifs is 4. The Balaban J connectivity index is 1.21. The summed E-state index contributed by atoms with van der Waals surface area (Å²) in [7, 11) is 0. The van der Waals surface area contributed by atoms with Crippen LogP contribution in [0.2, 0.25) is 0 Å². The first-order valence-corrected chi connectivity index (χ1v) is 17.9. The van der Waals surface area contributed by atoms with Crippen LogP contribution in [-0.4, -0.2) is 9.97 Å². The minimum absolute atomic E-state index is 0.690. The molecule has 248 valence electrons. The van der Waals surface area contributed by atoms with E-state index in [-0.39, 0.29) is 0 Å². The highest BCUT2D eigenvalue weighted by Gasteiger charge is 2.17. The van der Waals surface area contributed by atoms with Crippen LogP contribution in [-0.2, 0) is 0 Å². The van der Waals surface area contributed by atoms with Gasteiger partial charge < -0.3 is 4.42 Å². The summed E-state index contributed by atoms with van der Waals surface area (Å²) in [6.07, 6.45) is 0. The molecule has 0 amide bonds. The zero-order valence-electron chi connectivity index (χ0n) is 28.8. The van der Waals surface area contributed by atoms with Gasteiger partial charge in [0.2, 0.25) is 0 Å². The van der Waals surface area contributed by atoms with Crippen LogP contribution in [0.25, 0.3) is 100.0 Å². The molecular formula is C50H32N2O. The summed E-state index contributed by atoms with van der Waals surface area (Å²) in [5.41, 5.74) is 13.3. The van der Waals surface area contributed by atoms with Crippen molar-refractivity contribution in [1.82, 2.24) is 9.97 Å². The van der Waals surface area contributed by atoms with E-state index in [1.54, 1.807) is 0 Å². The van der Waals surface area contributed by atoms with Crippen molar-refractivity contribution in [2.24, 2.45) is 0 Å². The van der Waals surface area contributed by atoms with Gasteiger partial charge in [-0.05, 0) is 92.7 Å². The second-order valence-electron chi connectivity index (χ2n) is 13.4. The monoisotopic (exact) mass is 676 g/mol. The minimum atomic E-state index is 0.690. The van der Waals surface area contributed by atoms with Gasteiger partial charge in [-0.3, -0.25) is 0 Å². The molecule has 3 heteroatoms. The number of para-hydroxylation sites is 1. The molecule has 2 heterocycles. The highest BCUT2D eigenvalue weighted by molar-refractivity contribution is 6.12. The van der Waals surface area contributed by atoms with Gasteiger partial charge in [0, 0.05) is 27.5 Å². The molecule has 0 unspecified atom stereocenters. The lowest BCUT2D eigenvalue weighted by molar-refractivity contribution is 0.669. The summed E-state index contributed by atoms with van der Waals surface area (Å²) in [6, 6.07) is 68.2. The molecule has 0 saturated heterocycles. The maximum absolute atomic E-state index is 6.35. The normalized spacial score (nSPS) is 11.4. The smallest absolute Gasteiger partial charge is 0.160 e. The van der Waals surface area contributed by atoms with Gasteiger partial charge in [0.1, 0.15) is 11.2 Å².